The third-order valence-electron chi connectivity index (χ3n) is 4.11. The summed E-state index contributed by atoms with van der Waals surface area (Å²) in [5, 5.41) is 6.16. The highest BCUT2D eigenvalue weighted by molar-refractivity contribution is 5.96. The molecule has 1 fully saturated rings. The minimum Gasteiger partial charge on any atom is -0.397 e. The van der Waals surface area contributed by atoms with Crippen LogP contribution in [0.3, 0.4) is 0 Å². The Bertz CT molecular complexity index is 496. The zero-order valence-electron chi connectivity index (χ0n) is 12.6. The maximum atomic E-state index is 11.7. The lowest BCUT2D eigenvalue weighted by Gasteiger charge is -2.36. The Morgan fingerprint density at radius 2 is 2.15 bits per heavy atom. The molecule has 1 amide bonds. The largest absolute Gasteiger partial charge is 0.397 e. The molecule has 4 N–H and O–H groups in total. The van der Waals surface area contributed by atoms with Gasteiger partial charge in [0.25, 0.3) is 5.91 Å². The van der Waals surface area contributed by atoms with Crippen LogP contribution in [0.5, 0.6) is 0 Å². The minimum absolute atomic E-state index is 0.0861. The van der Waals surface area contributed by atoms with Gasteiger partial charge in [-0.25, -0.2) is 0 Å². The van der Waals surface area contributed by atoms with Crippen molar-refractivity contribution in [1.29, 1.82) is 0 Å². The maximum Gasteiger partial charge on any atom is 0.251 e. The van der Waals surface area contributed by atoms with Crippen molar-refractivity contribution in [2.24, 2.45) is 5.41 Å². The molecule has 1 aromatic carbocycles. The molecule has 0 spiro atoms. The fourth-order valence-electron chi connectivity index (χ4n) is 3.01. The number of anilines is 2. The number of hydrogen-bond donors (Lipinski definition) is 3. The number of rotatable bonds is 3. The van der Waals surface area contributed by atoms with Crippen LogP contribution in [0.1, 0.15) is 49.9 Å². The molecule has 110 valence electrons. The predicted molar refractivity (Wildman–Crippen MR) is 83.9 cm³/mol. The van der Waals surface area contributed by atoms with Crippen LogP contribution in [-0.2, 0) is 0 Å². The molecule has 0 aromatic heterocycles. The highest BCUT2D eigenvalue weighted by atomic mass is 16.1. The Morgan fingerprint density at radius 1 is 1.40 bits per heavy atom. The van der Waals surface area contributed by atoms with Crippen molar-refractivity contribution >= 4 is 17.3 Å². The van der Waals surface area contributed by atoms with E-state index < -0.39 is 0 Å². The highest BCUT2D eigenvalue weighted by Crippen LogP contribution is 2.37. The van der Waals surface area contributed by atoms with Crippen LogP contribution in [0.25, 0.3) is 0 Å². The normalized spacial score (nSPS) is 21.2. The quantitative estimate of drug-likeness (QED) is 0.743. The fourth-order valence-corrected chi connectivity index (χ4v) is 3.01. The van der Waals surface area contributed by atoms with Gasteiger partial charge in [0.2, 0.25) is 0 Å². The van der Waals surface area contributed by atoms with Gasteiger partial charge in [-0.3, -0.25) is 4.79 Å². The monoisotopic (exact) mass is 275 g/mol. The van der Waals surface area contributed by atoms with Gasteiger partial charge >= 0.3 is 0 Å². The average molecular weight is 275 g/mol. The number of carbonyl (C=O) groups is 1. The molecule has 0 saturated heterocycles. The van der Waals surface area contributed by atoms with Gasteiger partial charge in [0.05, 0.1) is 11.4 Å². The third kappa shape index (κ3) is 3.44. The summed E-state index contributed by atoms with van der Waals surface area (Å²) in [7, 11) is 1.63. The molecule has 0 bridgehead atoms. The van der Waals surface area contributed by atoms with E-state index in [4.69, 9.17) is 5.73 Å². The van der Waals surface area contributed by atoms with Gasteiger partial charge < -0.3 is 16.4 Å². The second-order valence-corrected chi connectivity index (χ2v) is 6.48. The van der Waals surface area contributed by atoms with Gasteiger partial charge in [-0.05, 0) is 42.9 Å². The number of amides is 1. The molecule has 0 aliphatic heterocycles. The number of carbonyl (C=O) groups excluding carboxylic acids is 1. The molecule has 1 unspecified atom stereocenters. The van der Waals surface area contributed by atoms with Gasteiger partial charge in [-0.1, -0.05) is 20.3 Å². The molecule has 0 heterocycles. The van der Waals surface area contributed by atoms with Gasteiger partial charge in [0, 0.05) is 18.7 Å². The summed E-state index contributed by atoms with van der Waals surface area (Å²) in [4.78, 5) is 11.7. The van der Waals surface area contributed by atoms with Crippen LogP contribution in [0, 0.1) is 5.41 Å². The van der Waals surface area contributed by atoms with Gasteiger partial charge in [-0.2, -0.15) is 0 Å². The molecule has 0 radical (unpaired) electrons. The number of nitrogens with two attached hydrogens (primary N) is 1. The molecule has 1 aliphatic carbocycles. The van der Waals surface area contributed by atoms with E-state index >= 15 is 0 Å². The Balaban J connectivity index is 2.14. The highest BCUT2D eigenvalue weighted by Gasteiger charge is 2.28. The first kappa shape index (κ1) is 14.7. The van der Waals surface area contributed by atoms with Gasteiger partial charge in [0.15, 0.2) is 0 Å². The summed E-state index contributed by atoms with van der Waals surface area (Å²) in [6, 6.07) is 5.82. The van der Waals surface area contributed by atoms with E-state index in [9.17, 15) is 4.79 Å². The molecular weight excluding hydrogens is 250 g/mol. The zero-order chi connectivity index (χ0) is 14.8. The average Bonchev–Trinajstić information content (AvgIpc) is 2.39. The van der Waals surface area contributed by atoms with E-state index in [2.05, 4.69) is 24.5 Å². The molecule has 1 atom stereocenters. The minimum atomic E-state index is -0.0861. The van der Waals surface area contributed by atoms with Gasteiger partial charge in [-0.15, -0.1) is 0 Å². The van der Waals surface area contributed by atoms with Crippen molar-refractivity contribution in [2.45, 2.75) is 45.6 Å². The van der Waals surface area contributed by atoms with E-state index in [1.807, 2.05) is 6.07 Å². The van der Waals surface area contributed by atoms with Crippen LogP contribution >= 0.6 is 0 Å². The molecule has 1 aromatic rings. The van der Waals surface area contributed by atoms with Crippen molar-refractivity contribution in [3.05, 3.63) is 23.8 Å². The lowest BCUT2D eigenvalue weighted by Crippen LogP contribution is -2.32. The summed E-state index contributed by atoms with van der Waals surface area (Å²) in [5.74, 6) is -0.0861. The van der Waals surface area contributed by atoms with Crippen LogP contribution in [-0.4, -0.2) is 19.0 Å². The molecule has 1 aliphatic rings. The summed E-state index contributed by atoms with van der Waals surface area (Å²) in [6.45, 7) is 4.62. The molecule has 20 heavy (non-hydrogen) atoms. The predicted octanol–water partition coefficient (Wildman–Crippen LogP) is 3.01. The fraction of sp³-hybridized carbons (Fsp3) is 0.562. The Hall–Kier alpha value is -1.71. The van der Waals surface area contributed by atoms with Crippen LogP contribution in [0.4, 0.5) is 11.4 Å². The molecular formula is C16H25N3O. The number of benzene rings is 1. The lowest BCUT2D eigenvalue weighted by molar-refractivity contribution is 0.0963. The van der Waals surface area contributed by atoms with Gasteiger partial charge in [0.1, 0.15) is 0 Å². The second-order valence-electron chi connectivity index (χ2n) is 6.48. The van der Waals surface area contributed by atoms with Crippen molar-refractivity contribution in [1.82, 2.24) is 5.32 Å². The van der Waals surface area contributed by atoms with Crippen molar-refractivity contribution in [3.63, 3.8) is 0 Å². The maximum absolute atomic E-state index is 11.7. The first-order valence-corrected chi connectivity index (χ1v) is 7.29. The first-order chi connectivity index (χ1) is 9.41. The van der Waals surface area contributed by atoms with Crippen LogP contribution in [0.2, 0.25) is 0 Å². The van der Waals surface area contributed by atoms with E-state index in [1.54, 1.807) is 19.2 Å². The molecule has 1 saturated carbocycles. The summed E-state index contributed by atoms with van der Waals surface area (Å²) in [6.07, 6.45) is 4.81. The van der Waals surface area contributed by atoms with Crippen molar-refractivity contribution < 1.29 is 4.79 Å². The van der Waals surface area contributed by atoms with Crippen molar-refractivity contribution in [3.8, 4) is 0 Å². The van der Waals surface area contributed by atoms with E-state index in [0.717, 1.165) is 18.5 Å². The number of nitrogens with one attached hydrogen (secondary N) is 2. The Labute approximate surface area is 121 Å². The second kappa shape index (κ2) is 5.73. The standard InChI is InChI=1S/C16H25N3O/c1-16(2)8-4-5-12(10-16)19-14-9-11(15(20)18-3)6-7-13(14)17/h6-7,9,12,19H,4-5,8,10,17H2,1-3H3,(H,18,20). The van der Waals surface area contributed by atoms with E-state index in [-0.39, 0.29) is 5.91 Å². The molecule has 2 rings (SSSR count). The number of nitrogen functional groups attached to an aromatic ring is 1. The Kier molecular flexibility index (Phi) is 4.21. The van der Waals surface area contributed by atoms with Crippen molar-refractivity contribution in [2.75, 3.05) is 18.1 Å². The van der Waals surface area contributed by atoms with E-state index in [1.165, 1.54) is 12.8 Å². The molecule has 4 nitrogen and oxygen atoms in total. The lowest BCUT2D eigenvalue weighted by atomic mass is 9.75. The first-order valence-electron chi connectivity index (χ1n) is 7.29. The number of hydrogen-bond acceptors (Lipinski definition) is 3. The summed E-state index contributed by atoms with van der Waals surface area (Å²) in [5.41, 5.74) is 8.60. The van der Waals surface area contributed by atoms with Crippen LogP contribution < -0.4 is 16.4 Å². The smallest absolute Gasteiger partial charge is 0.251 e. The van der Waals surface area contributed by atoms with E-state index in [0.29, 0.717) is 22.7 Å². The SMILES string of the molecule is CNC(=O)c1ccc(N)c(NC2CCCC(C)(C)C2)c1. The van der Waals surface area contributed by atoms with Crippen LogP contribution in [0.15, 0.2) is 18.2 Å². The third-order valence-corrected chi connectivity index (χ3v) is 4.11. The molecule has 4 heteroatoms. The zero-order valence-corrected chi connectivity index (χ0v) is 12.6. The summed E-state index contributed by atoms with van der Waals surface area (Å²) < 4.78 is 0. The summed E-state index contributed by atoms with van der Waals surface area (Å²) >= 11 is 0. The topological polar surface area (TPSA) is 67.2 Å². The Morgan fingerprint density at radius 3 is 2.80 bits per heavy atom.